The normalized spacial score (nSPS) is 48.5. The SMILES string of the molecule is CO[C@@H]1[C@H]2CC[C@H](C2)[C@@H]1OC. The predicted molar refractivity (Wildman–Crippen MR) is 42.4 cm³/mol. The summed E-state index contributed by atoms with van der Waals surface area (Å²) in [6, 6.07) is 0. The summed E-state index contributed by atoms with van der Waals surface area (Å²) in [6.07, 6.45) is 4.81. The fourth-order valence-corrected chi connectivity index (χ4v) is 2.84. The molecule has 2 nitrogen and oxygen atoms in total. The van der Waals surface area contributed by atoms with E-state index in [1.165, 1.54) is 19.3 Å². The van der Waals surface area contributed by atoms with Gasteiger partial charge in [-0.1, -0.05) is 0 Å². The maximum atomic E-state index is 5.42. The number of hydrogen-bond acceptors (Lipinski definition) is 2. The highest BCUT2D eigenvalue weighted by Crippen LogP contribution is 2.46. The van der Waals surface area contributed by atoms with Gasteiger partial charge in [-0.15, -0.1) is 0 Å². The van der Waals surface area contributed by atoms with Crippen molar-refractivity contribution >= 4 is 0 Å². The Morgan fingerprint density at radius 2 is 1.36 bits per heavy atom. The molecule has 0 radical (unpaired) electrons. The number of hydrogen-bond donors (Lipinski definition) is 0. The number of ether oxygens (including phenoxy) is 2. The highest BCUT2D eigenvalue weighted by atomic mass is 16.5. The summed E-state index contributed by atoms with van der Waals surface area (Å²) in [5.41, 5.74) is 0. The van der Waals surface area contributed by atoms with E-state index in [9.17, 15) is 0 Å². The molecule has 2 aliphatic carbocycles. The van der Waals surface area contributed by atoms with Crippen molar-refractivity contribution in [1.82, 2.24) is 0 Å². The van der Waals surface area contributed by atoms with Crippen LogP contribution in [0.25, 0.3) is 0 Å². The maximum Gasteiger partial charge on any atom is 0.0863 e. The quantitative estimate of drug-likeness (QED) is 0.602. The molecule has 0 saturated heterocycles. The van der Waals surface area contributed by atoms with E-state index < -0.39 is 0 Å². The highest BCUT2D eigenvalue weighted by Gasteiger charge is 2.48. The van der Waals surface area contributed by atoms with Crippen molar-refractivity contribution in [3.8, 4) is 0 Å². The Bertz CT molecular complexity index is 130. The first-order valence-electron chi connectivity index (χ1n) is 4.42. The Hall–Kier alpha value is -0.0800. The molecule has 0 aliphatic heterocycles. The molecule has 0 aromatic rings. The summed E-state index contributed by atoms with van der Waals surface area (Å²) in [5, 5.41) is 0. The third-order valence-electron chi connectivity index (χ3n) is 3.31. The Balaban J connectivity index is 2.08. The van der Waals surface area contributed by atoms with Gasteiger partial charge in [0.15, 0.2) is 0 Å². The number of fused-ring (bicyclic) bond motifs is 2. The topological polar surface area (TPSA) is 18.5 Å². The number of rotatable bonds is 2. The second-order valence-corrected chi connectivity index (χ2v) is 3.73. The molecule has 2 heteroatoms. The van der Waals surface area contributed by atoms with Crippen molar-refractivity contribution in [2.24, 2.45) is 11.8 Å². The molecule has 2 saturated carbocycles. The van der Waals surface area contributed by atoms with Crippen molar-refractivity contribution in [1.29, 1.82) is 0 Å². The van der Waals surface area contributed by atoms with E-state index in [1.54, 1.807) is 14.2 Å². The molecule has 0 N–H and O–H groups in total. The maximum absolute atomic E-state index is 5.42. The molecule has 2 fully saturated rings. The van der Waals surface area contributed by atoms with Crippen LogP contribution in [0.4, 0.5) is 0 Å². The average molecular weight is 156 g/mol. The zero-order valence-corrected chi connectivity index (χ0v) is 7.25. The summed E-state index contributed by atoms with van der Waals surface area (Å²) in [5.74, 6) is 1.57. The molecule has 0 amide bonds. The molecule has 2 aliphatic rings. The highest BCUT2D eigenvalue weighted by molar-refractivity contribution is 4.98. The fraction of sp³-hybridized carbons (Fsp3) is 1.00. The van der Waals surface area contributed by atoms with E-state index in [0.29, 0.717) is 12.2 Å². The first-order valence-corrected chi connectivity index (χ1v) is 4.42. The van der Waals surface area contributed by atoms with Crippen LogP contribution in [0, 0.1) is 11.8 Å². The lowest BCUT2D eigenvalue weighted by molar-refractivity contribution is -0.0638. The van der Waals surface area contributed by atoms with Crippen LogP contribution in [0.5, 0.6) is 0 Å². The lowest BCUT2D eigenvalue weighted by atomic mass is 9.95. The van der Waals surface area contributed by atoms with Gasteiger partial charge in [-0.2, -0.15) is 0 Å². The minimum absolute atomic E-state index is 0.388. The molecule has 0 aromatic heterocycles. The van der Waals surface area contributed by atoms with Crippen molar-refractivity contribution in [3.63, 3.8) is 0 Å². The van der Waals surface area contributed by atoms with Gasteiger partial charge in [0.1, 0.15) is 0 Å². The fourth-order valence-electron chi connectivity index (χ4n) is 2.84. The van der Waals surface area contributed by atoms with E-state index in [-0.39, 0.29) is 0 Å². The molecule has 4 atom stereocenters. The van der Waals surface area contributed by atoms with Gasteiger partial charge in [-0.3, -0.25) is 0 Å². The van der Waals surface area contributed by atoms with Gasteiger partial charge in [0.25, 0.3) is 0 Å². The van der Waals surface area contributed by atoms with Gasteiger partial charge < -0.3 is 9.47 Å². The van der Waals surface area contributed by atoms with Gasteiger partial charge in [0, 0.05) is 14.2 Å². The standard InChI is InChI=1S/C9H16O2/c1-10-8-6-3-4-7(5-6)9(8)11-2/h6-9H,3-5H2,1-2H3/t6-,7+,8+,9-. The number of methoxy groups -OCH3 is 2. The second kappa shape index (κ2) is 2.76. The van der Waals surface area contributed by atoms with Crippen LogP contribution < -0.4 is 0 Å². The molecule has 11 heavy (non-hydrogen) atoms. The average Bonchev–Trinajstić information content (AvgIpc) is 2.60. The van der Waals surface area contributed by atoms with Gasteiger partial charge in [-0.05, 0) is 31.1 Å². The zero-order chi connectivity index (χ0) is 7.84. The predicted octanol–water partition coefficient (Wildman–Crippen LogP) is 1.45. The third kappa shape index (κ3) is 1.00. The van der Waals surface area contributed by atoms with Crippen LogP contribution in [-0.2, 0) is 9.47 Å². The minimum atomic E-state index is 0.388. The van der Waals surface area contributed by atoms with Gasteiger partial charge in [0.2, 0.25) is 0 Å². The molecule has 0 heterocycles. The molecule has 2 rings (SSSR count). The molecule has 0 unspecified atom stereocenters. The van der Waals surface area contributed by atoms with Crippen LogP contribution in [-0.4, -0.2) is 26.4 Å². The van der Waals surface area contributed by atoms with E-state index in [4.69, 9.17) is 9.47 Å². The largest absolute Gasteiger partial charge is 0.378 e. The second-order valence-electron chi connectivity index (χ2n) is 3.73. The van der Waals surface area contributed by atoms with E-state index in [1.807, 2.05) is 0 Å². The zero-order valence-electron chi connectivity index (χ0n) is 7.25. The van der Waals surface area contributed by atoms with Crippen molar-refractivity contribution in [2.45, 2.75) is 31.5 Å². The molecule has 2 bridgehead atoms. The Morgan fingerprint density at radius 3 is 1.73 bits per heavy atom. The van der Waals surface area contributed by atoms with Crippen molar-refractivity contribution < 1.29 is 9.47 Å². The summed E-state index contributed by atoms with van der Waals surface area (Å²) in [4.78, 5) is 0. The van der Waals surface area contributed by atoms with Gasteiger partial charge >= 0.3 is 0 Å². The summed E-state index contributed by atoms with van der Waals surface area (Å²) < 4.78 is 10.8. The Morgan fingerprint density at radius 1 is 0.909 bits per heavy atom. The van der Waals surface area contributed by atoms with Crippen LogP contribution in [0.1, 0.15) is 19.3 Å². The minimum Gasteiger partial charge on any atom is -0.378 e. The molecular formula is C9H16O2. The van der Waals surface area contributed by atoms with Gasteiger partial charge in [0.05, 0.1) is 12.2 Å². The van der Waals surface area contributed by atoms with Crippen LogP contribution in [0.3, 0.4) is 0 Å². The van der Waals surface area contributed by atoms with Gasteiger partial charge in [-0.25, -0.2) is 0 Å². The lowest BCUT2D eigenvalue weighted by Crippen LogP contribution is -2.35. The molecule has 0 spiro atoms. The van der Waals surface area contributed by atoms with E-state index in [0.717, 1.165) is 11.8 Å². The Kier molecular flexibility index (Phi) is 1.90. The lowest BCUT2D eigenvalue weighted by Gasteiger charge is -2.28. The van der Waals surface area contributed by atoms with Crippen molar-refractivity contribution in [3.05, 3.63) is 0 Å². The third-order valence-corrected chi connectivity index (χ3v) is 3.31. The smallest absolute Gasteiger partial charge is 0.0863 e. The molecular weight excluding hydrogens is 140 g/mol. The first-order chi connectivity index (χ1) is 5.36. The van der Waals surface area contributed by atoms with Crippen LogP contribution in [0.15, 0.2) is 0 Å². The van der Waals surface area contributed by atoms with Crippen LogP contribution in [0.2, 0.25) is 0 Å². The van der Waals surface area contributed by atoms with Crippen LogP contribution >= 0.6 is 0 Å². The molecule has 64 valence electrons. The monoisotopic (exact) mass is 156 g/mol. The summed E-state index contributed by atoms with van der Waals surface area (Å²) in [7, 11) is 3.61. The summed E-state index contributed by atoms with van der Waals surface area (Å²) >= 11 is 0. The van der Waals surface area contributed by atoms with E-state index in [2.05, 4.69) is 0 Å². The summed E-state index contributed by atoms with van der Waals surface area (Å²) in [6.45, 7) is 0. The molecule has 0 aromatic carbocycles. The van der Waals surface area contributed by atoms with E-state index >= 15 is 0 Å². The van der Waals surface area contributed by atoms with Crippen molar-refractivity contribution in [2.75, 3.05) is 14.2 Å². The first kappa shape index (κ1) is 7.56. The Labute approximate surface area is 67.9 Å².